The van der Waals surface area contributed by atoms with Crippen molar-refractivity contribution in [2.24, 2.45) is 0 Å². The molecular formula is C13H10ClNO2. The van der Waals surface area contributed by atoms with Gasteiger partial charge < -0.3 is 5.11 Å². The number of hydrogen-bond acceptors (Lipinski definition) is 3. The van der Waals surface area contributed by atoms with E-state index >= 15 is 0 Å². The molecule has 4 heteroatoms. The molecule has 1 heterocycles. The highest BCUT2D eigenvalue weighted by molar-refractivity contribution is 6.29. The van der Waals surface area contributed by atoms with Gasteiger partial charge in [-0.25, -0.2) is 4.98 Å². The Balaban J connectivity index is 2.51. The van der Waals surface area contributed by atoms with E-state index < -0.39 is 5.60 Å². The van der Waals surface area contributed by atoms with E-state index in [1.165, 1.54) is 12.3 Å². The van der Waals surface area contributed by atoms with Crippen molar-refractivity contribution in [2.75, 3.05) is 0 Å². The van der Waals surface area contributed by atoms with Gasteiger partial charge in [0.05, 0.1) is 0 Å². The maximum atomic E-state index is 11.2. The molecule has 1 aromatic heterocycles. The Bertz CT molecular complexity index is 513. The third-order valence-corrected chi connectivity index (χ3v) is 2.78. The monoisotopic (exact) mass is 247 g/mol. The first-order chi connectivity index (χ1) is 8.16. The van der Waals surface area contributed by atoms with Gasteiger partial charge in [0, 0.05) is 11.8 Å². The average molecular weight is 248 g/mol. The lowest BCUT2D eigenvalue weighted by atomic mass is 9.89. The summed E-state index contributed by atoms with van der Waals surface area (Å²) in [5, 5.41) is 10.7. The topological polar surface area (TPSA) is 50.2 Å². The number of benzene rings is 1. The highest BCUT2D eigenvalue weighted by Gasteiger charge is 2.31. The van der Waals surface area contributed by atoms with Gasteiger partial charge in [0.15, 0.2) is 11.9 Å². The van der Waals surface area contributed by atoms with Crippen molar-refractivity contribution in [3.63, 3.8) is 0 Å². The molecule has 86 valence electrons. The number of rotatable bonds is 3. The van der Waals surface area contributed by atoms with Crippen LogP contribution in [0.4, 0.5) is 0 Å². The maximum absolute atomic E-state index is 11.2. The number of carbonyl (C=O) groups excluding carboxylic acids is 1. The molecule has 0 aliphatic rings. The first-order valence-electron chi connectivity index (χ1n) is 5.03. The van der Waals surface area contributed by atoms with Crippen molar-refractivity contribution >= 4 is 17.9 Å². The minimum Gasteiger partial charge on any atom is -0.373 e. The van der Waals surface area contributed by atoms with Gasteiger partial charge in [0.1, 0.15) is 5.15 Å². The predicted molar refractivity (Wildman–Crippen MR) is 64.8 cm³/mol. The lowest BCUT2D eigenvalue weighted by Crippen LogP contribution is -2.29. The van der Waals surface area contributed by atoms with Crippen LogP contribution < -0.4 is 0 Å². The van der Waals surface area contributed by atoms with Crippen LogP contribution in [0, 0.1) is 0 Å². The van der Waals surface area contributed by atoms with E-state index in [-0.39, 0.29) is 0 Å². The van der Waals surface area contributed by atoms with E-state index in [1.54, 1.807) is 30.3 Å². The quantitative estimate of drug-likeness (QED) is 0.668. The zero-order valence-electron chi connectivity index (χ0n) is 8.88. The van der Waals surface area contributed by atoms with E-state index in [9.17, 15) is 9.90 Å². The van der Waals surface area contributed by atoms with Crippen LogP contribution in [0.5, 0.6) is 0 Å². The molecule has 1 atom stereocenters. The van der Waals surface area contributed by atoms with Gasteiger partial charge in [-0.1, -0.05) is 48.0 Å². The van der Waals surface area contributed by atoms with Crippen LogP contribution in [-0.2, 0) is 10.4 Å². The summed E-state index contributed by atoms with van der Waals surface area (Å²) in [6.07, 6.45) is 1.89. The molecule has 1 unspecified atom stereocenters. The summed E-state index contributed by atoms with van der Waals surface area (Å²) < 4.78 is 0. The van der Waals surface area contributed by atoms with E-state index in [1.807, 2.05) is 6.07 Å². The number of carbonyl (C=O) groups is 1. The Hall–Kier alpha value is -1.71. The predicted octanol–water partition coefficient (Wildman–Crippen LogP) is 2.17. The molecule has 0 saturated heterocycles. The van der Waals surface area contributed by atoms with Crippen LogP contribution >= 0.6 is 11.6 Å². The molecule has 0 amide bonds. The Morgan fingerprint density at radius 2 is 1.82 bits per heavy atom. The number of aromatic nitrogens is 1. The van der Waals surface area contributed by atoms with Crippen molar-refractivity contribution in [2.45, 2.75) is 5.60 Å². The summed E-state index contributed by atoms with van der Waals surface area (Å²) in [6.45, 7) is 0. The minimum atomic E-state index is -1.68. The Morgan fingerprint density at radius 3 is 2.35 bits per heavy atom. The number of halogens is 1. The van der Waals surface area contributed by atoms with E-state index in [0.717, 1.165) is 0 Å². The summed E-state index contributed by atoms with van der Waals surface area (Å²) in [6, 6.07) is 11.8. The second-order valence-electron chi connectivity index (χ2n) is 3.62. The third kappa shape index (κ3) is 2.20. The van der Waals surface area contributed by atoms with Crippen molar-refractivity contribution in [1.29, 1.82) is 0 Å². The number of hydrogen-bond donors (Lipinski definition) is 1. The zero-order chi connectivity index (χ0) is 12.3. The molecule has 0 aliphatic heterocycles. The molecular weight excluding hydrogens is 238 g/mol. The van der Waals surface area contributed by atoms with Crippen LogP contribution in [0.1, 0.15) is 11.1 Å². The molecule has 2 aromatic rings. The van der Waals surface area contributed by atoms with E-state index in [0.29, 0.717) is 22.6 Å². The maximum Gasteiger partial charge on any atom is 0.171 e. The molecule has 3 nitrogen and oxygen atoms in total. The molecule has 0 fully saturated rings. The third-order valence-electron chi connectivity index (χ3n) is 2.55. The lowest BCUT2D eigenvalue weighted by Gasteiger charge is -2.22. The van der Waals surface area contributed by atoms with Gasteiger partial charge in [-0.3, -0.25) is 4.79 Å². The van der Waals surface area contributed by atoms with Gasteiger partial charge in [-0.05, 0) is 11.6 Å². The fraction of sp³-hybridized carbons (Fsp3) is 0.0769. The largest absolute Gasteiger partial charge is 0.373 e. The molecule has 0 radical (unpaired) electrons. The molecule has 0 aliphatic carbocycles. The van der Waals surface area contributed by atoms with E-state index in [2.05, 4.69) is 4.98 Å². The van der Waals surface area contributed by atoms with Crippen LogP contribution in [0.15, 0.2) is 48.7 Å². The second-order valence-corrected chi connectivity index (χ2v) is 4.01. The van der Waals surface area contributed by atoms with Gasteiger partial charge in [-0.2, -0.15) is 0 Å². The van der Waals surface area contributed by atoms with Gasteiger partial charge in [0.25, 0.3) is 0 Å². The highest BCUT2D eigenvalue weighted by atomic mass is 35.5. The normalized spacial score (nSPS) is 14.0. The highest BCUT2D eigenvalue weighted by Crippen LogP contribution is 2.27. The summed E-state index contributed by atoms with van der Waals surface area (Å²) in [5.74, 6) is 0. The minimum absolute atomic E-state index is 0.315. The number of aldehydes is 1. The Morgan fingerprint density at radius 1 is 1.12 bits per heavy atom. The smallest absolute Gasteiger partial charge is 0.171 e. The molecule has 2 rings (SSSR count). The van der Waals surface area contributed by atoms with Crippen LogP contribution in [-0.4, -0.2) is 16.4 Å². The van der Waals surface area contributed by atoms with Crippen molar-refractivity contribution in [3.05, 3.63) is 64.9 Å². The summed E-state index contributed by atoms with van der Waals surface area (Å²) in [4.78, 5) is 15.1. The first kappa shape index (κ1) is 11.8. The molecule has 0 bridgehead atoms. The standard InChI is InChI=1S/C13H10ClNO2/c14-12-7-6-11(8-15-12)13(17,9-16)10-4-2-1-3-5-10/h1-9,17H. The number of aliphatic hydroxyl groups is 1. The molecule has 0 saturated carbocycles. The van der Waals surface area contributed by atoms with E-state index in [4.69, 9.17) is 11.6 Å². The first-order valence-corrected chi connectivity index (χ1v) is 5.41. The summed E-state index contributed by atoms with van der Waals surface area (Å²) in [7, 11) is 0. The van der Waals surface area contributed by atoms with Crippen LogP contribution in [0.3, 0.4) is 0 Å². The van der Waals surface area contributed by atoms with Gasteiger partial charge in [-0.15, -0.1) is 0 Å². The zero-order valence-corrected chi connectivity index (χ0v) is 9.63. The van der Waals surface area contributed by atoms with Crippen molar-refractivity contribution < 1.29 is 9.90 Å². The van der Waals surface area contributed by atoms with Gasteiger partial charge >= 0.3 is 0 Å². The Kier molecular flexibility index (Phi) is 3.22. The fourth-order valence-electron chi connectivity index (χ4n) is 1.60. The Labute approximate surface area is 104 Å². The van der Waals surface area contributed by atoms with Crippen molar-refractivity contribution in [1.82, 2.24) is 4.98 Å². The average Bonchev–Trinajstić information content (AvgIpc) is 2.40. The number of pyridine rings is 1. The number of nitrogens with zero attached hydrogens (tertiary/aromatic N) is 1. The molecule has 0 spiro atoms. The molecule has 1 N–H and O–H groups in total. The summed E-state index contributed by atoms with van der Waals surface area (Å²) >= 11 is 5.67. The molecule has 17 heavy (non-hydrogen) atoms. The van der Waals surface area contributed by atoms with Crippen LogP contribution in [0.2, 0.25) is 5.15 Å². The summed E-state index contributed by atoms with van der Waals surface area (Å²) in [5.41, 5.74) is -0.791. The second kappa shape index (κ2) is 4.65. The van der Waals surface area contributed by atoms with Crippen molar-refractivity contribution in [3.8, 4) is 0 Å². The lowest BCUT2D eigenvalue weighted by molar-refractivity contribution is -0.121. The molecule has 1 aromatic carbocycles. The van der Waals surface area contributed by atoms with Gasteiger partial charge in [0.2, 0.25) is 0 Å². The SMILES string of the molecule is O=CC(O)(c1ccccc1)c1ccc(Cl)nc1. The fourth-order valence-corrected chi connectivity index (χ4v) is 1.71. The van der Waals surface area contributed by atoms with Crippen LogP contribution in [0.25, 0.3) is 0 Å².